The number of allylic oxidation sites excluding steroid dienone is 2. The molecule has 0 saturated carbocycles. The van der Waals surface area contributed by atoms with E-state index in [4.69, 9.17) is 5.73 Å². The van der Waals surface area contributed by atoms with Crippen LogP contribution in [0.4, 0.5) is 11.4 Å². The zero-order valence-corrected chi connectivity index (χ0v) is 20.2. The number of hydrogen-bond donors (Lipinski definition) is 2. The van der Waals surface area contributed by atoms with Crippen LogP contribution in [0.25, 0.3) is 10.9 Å². The van der Waals surface area contributed by atoms with Crippen molar-refractivity contribution in [1.82, 2.24) is 4.98 Å². The minimum Gasteiger partial charge on any atom is -0.366 e. The molecule has 3 N–H and O–H groups in total. The average Bonchev–Trinajstić information content (AvgIpc) is 2.70. The number of aromatic nitrogens is 1. The fourth-order valence-electron chi connectivity index (χ4n) is 2.65. The van der Waals surface area contributed by atoms with Gasteiger partial charge in [-0.25, -0.2) is 0 Å². The summed E-state index contributed by atoms with van der Waals surface area (Å²) in [5.74, 6) is -0.516. The molecule has 0 fully saturated rings. The number of pyridine rings is 1. The molecule has 4 nitrogen and oxygen atoms in total. The Balaban J connectivity index is 0.00000225. The Morgan fingerprint density at radius 3 is 2.79 bits per heavy atom. The predicted octanol–water partition coefficient (Wildman–Crippen LogP) is 5.15. The van der Waals surface area contributed by atoms with E-state index in [0.717, 1.165) is 16.0 Å². The summed E-state index contributed by atoms with van der Waals surface area (Å²) >= 11 is 1.73. The number of carbonyl (C=O) groups is 1. The van der Waals surface area contributed by atoms with Crippen LogP contribution in [0.3, 0.4) is 0 Å². The van der Waals surface area contributed by atoms with Crippen molar-refractivity contribution in [1.29, 1.82) is 0 Å². The van der Waals surface area contributed by atoms with Gasteiger partial charge in [0, 0.05) is 42.9 Å². The first-order valence-electron chi connectivity index (χ1n) is 8.17. The number of nitrogens with zero attached hydrogens (tertiary/aromatic N) is 1. The van der Waals surface area contributed by atoms with E-state index in [2.05, 4.69) is 36.6 Å². The second-order valence-corrected chi connectivity index (χ2v) is 9.02. The summed E-state index contributed by atoms with van der Waals surface area (Å²) in [5.41, 5.74) is 8.17. The second-order valence-electron chi connectivity index (χ2n) is 5.72. The van der Waals surface area contributed by atoms with Gasteiger partial charge in [0.2, 0.25) is 0 Å². The molecule has 1 radical (unpaired) electrons. The van der Waals surface area contributed by atoms with Crippen LogP contribution in [-0.2, 0) is 20.4 Å². The number of nitrogens with two attached hydrogens (primary N) is 1. The van der Waals surface area contributed by atoms with Crippen molar-refractivity contribution in [3.8, 4) is 0 Å². The van der Waals surface area contributed by atoms with Gasteiger partial charge in [-0.2, -0.15) is 23.9 Å². The Bertz CT molecular complexity index is 1110. The topological polar surface area (TPSA) is 68.0 Å². The molecule has 3 aromatic rings. The van der Waals surface area contributed by atoms with Crippen LogP contribution in [0, 0.1) is 6.07 Å². The summed E-state index contributed by atoms with van der Waals surface area (Å²) in [6.45, 7) is 0. The van der Waals surface area contributed by atoms with Crippen molar-refractivity contribution in [2.24, 2.45) is 5.73 Å². The summed E-state index contributed by atoms with van der Waals surface area (Å²) < 4.78 is 4.47. The van der Waals surface area contributed by atoms with Crippen molar-refractivity contribution in [3.05, 3.63) is 81.4 Å². The Hall–Kier alpha value is -1.79. The summed E-state index contributed by atoms with van der Waals surface area (Å²) in [5, 5.41) is 4.14. The van der Waals surface area contributed by atoms with Gasteiger partial charge in [-0.3, -0.25) is 9.78 Å². The number of thioether (sulfide) groups is 1. The summed E-state index contributed by atoms with van der Waals surface area (Å²) in [7, 11) is 0. The molecule has 0 spiro atoms. The zero-order chi connectivity index (χ0) is 18.6. The van der Waals surface area contributed by atoms with Gasteiger partial charge in [0.25, 0.3) is 5.91 Å². The fourth-order valence-corrected chi connectivity index (χ4v) is 5.41. The maximum Gasteiger partial charge on any atom is 0.251 e. The molecule has 4 rings (SSSR count). The number of primary amides is 1. The quantitative estimate of drug-likeness (QED) is 0.291. The van der Waals surface area contributed by atoms with Gasteiger partial charge in [-0.05, 0) is 37.9 Å². The molecular weight excluding hydrogens is 655 g/mol. The smallest absolute Gasteiger partial charge is 0.251 e. The van der Waals surface area contributed by atoms with Crippen LogP contribution >= 0.6 is 32.5 Å². The second kappa shape index (κ2) is 9.61. The molecule has 0 unspecified atom stereocenters. The van der Waals surface area contributed by atoms with Crippen molar-refractivity contribution >= 4 is 64.7 Å². The monoisotopic (exact) mass is 671 g/mol. The van der Waals surface area contributed by atoms with Gasteiger partial charge in [0.1, 0.15) is 0 Å². The number of halogens is 1. The number of amides is 1. The van der Waals surface area contributed by atoms with Crippen LogP contribution in [0.15, 0.2) is 74.7 Å². The predicted molar refractivity (Wildman–Crippen MR) is 122 cm³/mol. The number of anilines is 2. The molecule has 7 heteroatoms. The number of carbonyl (C=O) groups excluding carboxylic acids is 1. The zero-order valence-electron chi connectivity index (χ0n) is 14.5. The average molecular weight is 671 g/mol. The van der Waals surface area contributed by atoms with Crippen LogP contribution in [0.5, 0.6) is 0 Å². The SMILES string of the molecule is NC(=O)c1cnc2[c-]cc(SC3=CC=IC=C3)cc2c1Nc1ccccc1.[Re]. The Kier molecular flexibility index (Phi) is 7.19. The van der Waals surface area contributed by atoms with E-state index in [9.17, 15) is 4.79 Å². The molecule has 1 aliphatic heterocycles. The first-order valence-corrected chi connectivity index (χ1v) is 11.5. The van der Waals surface area contributed by atoms with Crippen LogP contribution in [0.2, 0.25) is 0 Å². The van der Waals surface area contributed by atoms with Crippen LogP contribution in [0.1, 0.15) is 10.4 Å². The molecule has 141 valence electrons. The molecule has 2 heterocycles. The normalized spacial score (nSPS) is 12.6. The van der Waals surface area contributed by atoms with Gasteiger partial charge < -0.3 is 11.1 Å². The molecule has 1 aliphatic rings. The van der Waals surface area contributed by atoms with E-state index in [0.29, 0.717) is 16.8 Å². The van der Waals surface area contributed by atoms with Crippen molar-refractivity contribution in [2.45, 2.75) is 4.90 Å². The van der Waals surface area contributed by atoms with E-state index >= 15 is 0 Å². The third-order valence-electron chi connectivity index (χ3n) is 3.90. The molecule has 0 atom stereocenters. The Morgan fingerprint density at radius 2 is 2.07 bits per heavy atom. The number of para-hydroxylation sites is 1. The van der Waals surface area contributed by atoms with E-state index in [1.165, 1.54) is 11.1 Å². The first kappa shape index (κ1) is 20.9. The standard InChI is InChI=1S/C21H15IN3OS.Re/c23-21(26)18-13-24-19-7-6-16(27-15-8-10-22-11-9-15)12-17(19)20(18)25-14-4-2-1-3-5-14;/h1-6,8-13H,(H2,23,26)(H,24,25);/q-1;. The molecule has 1 amide bonds. The third kappa shape index (κ3) is 4.79. The molecule has 28 heavy (non-hydrogen) atoms. The summed E-state index contributed by atoms with van der Waals surface area (Å²) in [6, 6.07) is 16.9. The van der Waals surface area contributed by atoms with E-state index in [1.54, 1.807) is 11.8 Å². The van der Waals surface area contributed by atoms with Crippen molar-refractivity contribution in [3.63, 3.8) is 0 Å². The molecule has 1 aromatic heterocycles. The molecule has 0 saturated heterocycles. The largest absolute Gasteiger partial charge is 0.366 e. The van der Waals surface area contributed by atoms with Crippen LogP contribution < -0.4 is 11.1 Å². The third-order valence-corrected chi connectivity index (χ3v) is 6.43. The first-order chi connectivity index (χ1) is 13.2. The Morgan fingerprint density at radius 1 is 1.25 bits per heavy atom. The van der Waals surface area contributed by atoms with Gasteiger partial charge in [-0.1, -0.05) is 49.2 Å². The minimum absolute atomic E-state index is 0. The van der Waals surface area contributed by atoms with E-state index in [-0.39, 0.29) is 41.2 Å². The van der Waals surface area contributed by atoms with Crippen LogP contribution in [-0.4, -0.2) is 14.9 Å². The van der Waals surface area contributed by atoms with Crippen molar-refractivity contribution < 1.29 is 25.2 Å². The minimum atomic E-state index is -0.516. The maximum absolute atomic E-state index is 12.0. The molecular formula is C21H15IN3OReS-. The number of hydrogen-bond acceptors (Lipinski definition) is 4. The number of nitrogens with one attached hydrogen (secondary N) is 1. The maximum atomic E-state index is 12.0. The number of fused-ring (bicyclic) bond motifs is 1. The van der Waals surface area contributed by atoms with Crippen molar-refractivity contribution in [2.75, 3.05) is 5.32 Å². The van der Waals surface area contributed by atoms with Gasteiger partial charge in [-0.15, -0.1) is 6.07 Å². The van der Waals surface area contributed by atoms with Gasteiger partial charge >= 0.3 is 0 Å². The molecule has 0 aliphatic carbocycles. The number of benzene rings is 2. The van der Waals surface area contributed by atoms with E-state index in [1.807, 2.05) is 42.5 Å². The Labute approximate surface area is 191 Å². The van der Waals surface area contributed by atoms with Gasteiger partial charge in [0.15, 0.2) is 0 Å². The molecule has 2 aromatic carbocycles. The number of rotatable bonds is 5. The summed E-state index contributed by atoms with van der Waals surface area (Å²) in [6.07, 6.45) is 5.82. The van der Waals surface area contributed by atoms with Gasteiger partial charge in [0.05, 0.1) is 5.56 Å². The fraction of sp³-hybridized carbons (Fsp3) is 0. The van der Waals surface area contributed by atoms with E-state index < -0.39 is 5.91 Å². The summed E-state index contributed by atoms with van der Waals surface area (Å²) in [4.78, 5) is 18.5. The molecule has 0 bridgehead atoms.